The average molecular weight is 358 g/mol. The van der Waals surface area contributed by atoms with Crippen molar-refractivity contribution in [3.8, 4) is 5.75 Å². The number of aromatic carboxylic acids is 1. The normalized spacial score (nSPS) is 10.2. The van der Waals surface area contributed by atoms with Crippen LogP contribution in [0.3, 0.4) is 0 Å². The summed E-state index contributed by atoms with van der Waals surface area (Å²) in [4.78, 5) is 22.1. The Morgan fingerprint density at radius 3 is 2.70 bits per heavy atom. The molecule has 20 heavy (non-hydrogen) atoms. The number of carbonyl (C=O) groups is 1. The fourth-order valence-electron chi connectivity index (χ4n) is 1.59. The fraction of sp³-hybridized carbons (Fsp3) is 0.0833. The Bertz CT molecular complexity index is 670. The standard InChI is InChI=1S/C12H8BrNO5S/c13-10-5-4-7(20-10)6-19-9-3-1-2-8(14(17)18)11(9)12(15)16/h1-5H,6H2,(H,15,16). The number of nitrogens with zero attached hydrogens (tertiary/aromatic N) is 1. The van der Waals surface area contributed by atoms with E-state index >= 15 is 0 Å². The molecule has 1 aromatic heterocycles. The van der Waals surface area contributed by atoms with Gasteiger partial charge in [0.05, 0.1) is 8.71 Å². The van der Waals surface area contributed by atoms with Crippen molar-refractivity contribution < 1.29 is 19.6 Å². The van der Waals surface area contributed by atoms with E-state index in [1.54, 1.807) is 0 Å². The van der Waals surface area contributed by atoms with Crippen LogP contribution in [-0.2, 0) is 6.61 Å². The van der Waals surface area contributed by atoms with E-state index in [9.17, 15) is 14.9 Å². The Balaban J connectivity index is 2.29. The molecule has 0 saturated heterocycles. The second kappa shape index (κ2) is 6.02. The molecule has 0 saturated carbocycles. The minimum absolute atomic E-state index is 0.0174. The van der Waals surface area contributed by atoms with Crippen LogP contribution in [0.4, 0.5) is 5.69 Å². The van der Waals surface area contributed by atoms with Gasteiger partial charge in [-0.3, -0.25) is 10.1 Å². The lowest BCUT2D eigenvalue weighted by Crippen LogP contribution is -2.06. The molecule has 0 spiro atoms. The van der Waals surface area contributed by atoms with E-state index in [0.29, 0.717) is 0 Å². The molecule has 0 radical (unpaired) electrons. The number of ether oxygens (including phenoxy) is 1. The molecule has 0 fully saturated rings. The van der Waals surface area contributed by atoms with E-state index in [-0.39, 0.29) is 12.4 Å². The van der Waals surface area contributed by atoms with Crippen LogP contribution in [0.5, 0.6) is 5.75 Å². The summed E-state index contributed by atoms with van der Waals surface area (Å²) in [6.45, 7) is 0.151. The van der Waals surface area contributed by atoms with Crippen LogP contribution in [0.25, 0.3) is 0 Å². The summed E-state index contributed by atoms with van der Waals surface area (Å²) in [6, 6.07) is 7.60. The molecule has 1 N–H and O–H groups in total. The monoisotopic (exact) mass is 357 g/mol. The Kier molecular flexibility index (Phi) is 4.35. The lowest BCUT2D eigenvalue weighted by molar-refractivity contribution is -0.385. The molecule has 6 nitrogen and oxygen atoms in total. The van der Waals surface area contributed by atoms with Crippen LogP contribution >= 0.6 is 27.3 Å². The predicted octanol–water partition coefficient (Wildman–Crippen LogP) is 3.70. The number of rotatable bonds is 5. The molecule has 1 aromatic carbocycles. The van der Waals surface area contributed by atoms with Crippen LogP contribution in [0.15, 0.2) is 34.1 Å². The topological polar surface area (TPSA) is 89.7 Å². The van der Waals surface area contributed by atoms with E-state index in [4.69, 9.17) is 9.84 Å². The smallest absolute Gasteiger partial charge is 0.346 e. The molecular formula is C12H8BrNO5S. The first kappa shape index (κ1) is 14.5. The maximum atomic E-state index is 11.2. The lowest BCUT2D eigenvalue weighted by Gasteiger charge is -2.08. The maximum Gasteiger partial charge on any atom is 0.346 e. The molecule has 0 aliphatic rings. The first-order chi connectivity index (χ1) is 9.49. The van der Waals surface area contributed by atoms with Crippen molar-refractivity contribution in [1.82, 2.24) is 0 Å². The van der Waals surface area contributed by atoms with Gasteiger partial charge in [-0.15, -0.1) is 11.3 Å². The van der Waals surface area contributed by atoms with Crippen LogP contribution in [0.2, 0.25) is 0 Å². The van der Waals surface area contributed by atoms with Crippen molar-refractivity contribution in [2.24, 2.45) is 0 Å². The molecule has 0 aliphatic heterocycles. The van der Waals surface area contributed by atoms with Crippen LogP contribution < -0.4 is 4.74 Å². The average Bonchev–Trinajstić information content (AvgIpc) is 2.81. The molecule has 0 amide bonds. The number of nitro groups is 1. The number of thiophene rings is 1. The van der Waals surface area contributed by atoms with Crippen molar-refractivity contribution in [1.29, 1.82) is 0 Å². The summed E-state index contributed by atoms with van der Waals surface area (Å²) in [7, 11) is 0. The number of carboxylic acid groups (broad SMARTS) is 1. The van der Waals surface area contributed by atoms with Gasteiger partial charge in [0.1, 0.15) is 12.4 Å². The highest BCUT2D eigenvalue weighted by Crippen LogP contribution is 2.30. The number of nitro benzene ring substituents is 1. The number of hydrogen-bond acceptors (Lipinski definition) is 5. The molecule has 0 atom stereocenters. The summed E-state index contributed by atoms with van der Waals surface area (Å²) < 4.78 is 6.32. The zero-order chi connectivity index (χ0) is 14.7. The minimum atomic E-state index is -1.39. The zero-order valence-electron chi connectivity index (χ0n) is 9.91. The third-order valence-electron chi connectivity index (χ3n) is 2.41. The van der Waals surface area contributed by atoms with Gasteiger partial charge in [-0.2, -0.15) is 0 Å². The highest BCUT2D eigenvalue weighted by atomic mass is 79.9. The van der Waals surface area contributed by atoms with Crippen molar-refractivity contribution in [2.75, 3.05) is 0 Å². The SMILES string of the molecule is O=C(O)c1c(OCc2ccc(Br)s2)cccc1[N+](=O)[O-]. The van der Waals surface area contributed by atoms with E-state index in [2.05, 4.69) is 15.9 Å². The Morgan fingerprint density at radius 1 is 1.40 bits per heavy atom. The van der Waals surface area contributed by atoms with Crippen molar-refractivity contribution in [3.63, 3.8) is 0 Å². The van der Waals surface area contributed by atoms with Gasteiger partial charge in [0.15, 0.2) is 5.56 Å². The summed E-state index contributed by atoms with van der Waals surface area (Å²) >= 11 is 4.75. The van der Waals surface area contributed by atoms with E-state index in [0.717, 1.165) is 14.7 Å². The summed E-state index contributed by atoms with van der Waals surface area (Å²) in [6.07, 6.45) is 0. The lowest BCUT2D eigenvalue weighted by atomic mass is 10.1. The van der Waals surface area contributed by atoms with Crippen molar-refractivity contribution >= 4 is 38.9 Å². The van der Waals surface area contributed by atoms with Gasteiger partial charge in [-0.1, -0.05) is 6.07 Å². The predicted molar refractivity (Wildman–Crippen MR) is 76.4 cm³/mol. The number of carboxylic acids is 1. The molecule has 2 rings (SSSR count). The molecule has 8 heteroatoms. The molecule has 0 bridgehead atoms. The van der Waals surface area contributed by atoms with Crippen molar-refractivity contribution in [2.45, 2.75) is 6.61 Å². The third-order valence-corrected chi connectivity index (χ3v) is 4.01. The highest BCUT2D eigenvalue weighted by Gasteiger charge is 2.24. The molecule has 2 aromatic rings. The Morgan fingerprint density at radius 2 is 2.15 bits per heavy atom. The maximum absolute atomic E-state index is 11.2. The summed E-state index contributed by atoms with van der Waals surface area (Å²) in [5, 5.41) is 19.9. The molecule has 1 heterocycles. The first-order valence-electron chi connectivity index (χ1n) is 5.36. The zero-order valence-corrected chi connectivity index (χ0v) is 12.3. The van der Waals surface area contributed by atoms with Crippen LogP contribution in [0, 0.1) is 10.1 Å². The van der Waals surface area contributed by atoms with Crippen LogP contribution in [-0.4, -0.2) is 16.0 Å². The van der Waals surface area contributed by atoms with Gasteiger partial charge in [-0.05, 0) is 34.1 Å². The number of benzene rings is 1. The van der Waals surface area contributed by atoms with Crippen molar-refractivity contribution in [3.05, 3.63) is 54.7 Å². The van der Waals surface area contributed by atoms with Crippen LogP contribution in [0.1, 0.15) is 15.2 Å². The second-order valence-corrected chi connectivity index (χ2v) is 6.25. The molecular weight excluding hydrogens is 350 g/mol. The first-order valence-corrected chi connectivity index (χ1v) is 6.97. The van der Waals surface area contributed by atoms with Gasteiger partial charge < -0.3 is 9.84 Å². The summed E-state index contributed by atoms with van der Waals surface area (Å²) in [5.74, 6) is -1.41. The fourth-order valence-corrected chi connectivity index (χ4v) is 2.98. The van der Waals surface area contributed by atoms with Gasteiger partial charge in [-0.25, -0.2) is 4.79 Å². The minimum Gasteiger partial charge on any atom is -0.487 e. The number of halogens is 1. The third kappa shape index (κ3) is 3.14. The van der Waals surface area contributed by atoms with Gasteiger partial charge in [0.25, 0.3) is 5.69 Å². The van der Waals surface area contributed by atoms with Gasteiger partial charge in [0.2, 0.25) is 0 Å². The largest absolute Gasteiger partial charge is 0.487 e. The van der Waals surface area contributed by atoms with E-state index in [1.807, 2.05) is 12.1 Å². The van der Waals surface area contributed by atoms with Gasteiger partial charge in [0, 0.05) is 10.9 Å². The summed E-state index contributed by atoms with van der Waals surface area (Å²) in [5.41, 5.74) is -0.921. The van der Waals surface area contributed by atoms with Gasteiger partial charge >= 0.3 is 5.97 Å². The highest BCUT2D eigenvalue weighted by molar-refractivity contribution is 9.11. The number of hydrogen-bond donors (Lipinski definition) is 1. The van der Waals surface area contributed by atoms with E-state index in [1.165, 1.54) is 23.5 Å². The van der Waals surface area contributed by atoms with E-state index < -0.39 is 22.1 Å². The molecule has 0 unspecified atom stereocenters. The quantitative estimate of drug-likeness (QED) is 0.650. The Hall–Kier alpha value is -1.93. The Labute approximate surface area is 125 Å². The molecule has 0 aliphatic carbocycles. The molecule has 104 valence electrons. The second-order valence-electron chi connectivity index (χ2n) is 3.71.